The Morgan fingerprint density at radius 1 is 1.08 bits per heavy atom. The zero-order chi connectivity index (χ0) is 18.3. The van der Waals surface area contributed by atoms with Gasteiger partial charge in [0.2, 0.25) is 0 Å². The van der Waals surface area contributed by atoms with E-state index in [0.717, 1.165) is 28.9 Å². The largest absolute Gasteiger partial charge is 0.417 e. The van der Waals surface area contributed by atoms with Gasteiger partial charge < -0.3 is 0 Å². The van der Waals surface area contributed by atoms with Crippen molar-refractivity contribution in [2.75, 3.05) is 0 Å². The summed E-state index contributed by atoms with van der Waals surface area (Å²) in [6.45, 7) is 0. The van der Waals surface area contributed by atoms with Gasteiger partial charge in [-0.1, -0.05) is 47.6 Å². The second-order valence-electron chi connectivity index (χ2n) is 5.53. The first-order valence-electron chi connectivity index (χ1n) is 7.51. The highest BCUT2D eigenvalue weighted by molar-refractivity contribution is 7.98. The van der Waals surface area contributed by atoms with Gasteiger partial charge in [0.05, 0.1) is 21.8 Å². The summed E-state index contributed by atoms with van der Waals surface area (Å²) < 4.78 is 40.3. The molecule has 0 atom stereocenters. The molecule has 0 unspecified atom stereocenters. The fourth-order valence-corrected chi connectivity index (χ4v) is 3.58. The number of aromatic nitrogens is 4. The van der Waals surface area contributed by atoms with Gasteiger partial charge in [0.1, 0.15) is 0 Å². The Kier molecular flexibility index (Phi) is 4.24. The number of nitrogens with zero attached hydrogens (tertiary/aromatic N) is 4. The molecule has 3 aromatic heterocycles. The van der Waals surface area contributed by atoms with E-state index in [1.165, 1.54) is 16.2 Å². The van der Waals surface area contributed by atoms with Crippen LogP contribution >= 0.6 is 23.4 Å². The number of fused-ring (bicyclic) bond motifs is 2. The van der Waals surface area contributed by atoms with Gasteiger partial charge in [0.15, 0.2) is 10.8 Å². The van der Waals surface area contributed by atoms with E-state index in [4.69, 9.17) is 11.6 Å². The number of para-hydroxylation sites is 1. The molecule has 0 aliphatic carbocycles. The van der Waals surface area contributed by atoms with Crippen LogP contribution in [-0.4, -0.2) is 19.6 Å². The molecule has 0 spiro atoms. The average molecular weight is 395 g/mol. The molecule has 0 amide bonds. The lowest BCUT2D eigenvalue weighted by molar-refractivity contribution is -0.137. The van der Waals surface area contributed by atoms with Gasteiger partial charge in [-0.2, -0.15) is 13.2 Å². The van der Waals surface area contributed by atoms with Crippen molar-refractivity contribution in [1.29, 1.82) is 0 Å². The number of alkyl halides is 3. The second kappa shape index (κ2) is 6.44. The number of hydrogen-bond donors (Lipinski definition) is 0. The van der Waals surface area contributed by atoms with Crippen molar-refractivity contribution >= 4 is 39.9 Å². The fourth-order valence-electron chi connectivity index (χ4n) is 2.51. The van der Waals surface area contributed by atoms with Crippen molar-refractivity contribution in [2.24, 2.45) is 0 Å². The lowest BCUT2D eigenvalue weighted by Gasteiger charge is -2.08. The molecule has 0 aliphatic rings. The molecule has 0 radical (unpaired) electrons. The molecule has 0 fully saturated rings. The van der Waals surface area contributed by atoms with Crippen LogP contribution in [0, 0.1) is 0 Å². The van der Waals surface area contributed by atoms with Gasteiger partial charge in [0.25, 0.3) is 0 Å². The average Bonchev–Trinajstić information content (AvgIpc) is 3.03. The molecular formula is C17H10ClF3N4S. The summed E-state index contributed by atoms with van der Waals surface area (Å²) in [6, 6.07) is 12.4. The minimum Gasteiger partial charge on any atom is -0.276 e. The molecule has 0 aliphatic heterocycles. The van der Waals surface area contributed by atoms with Crippen molar-refractivity contribution in [3.05, 3.63) is 64.9 Å². The third-order valence-electron chi connectivity index (χ3n) is 3.76. The maximum absolute atomic E-state index is 13.0. The quantitative estimate of drug-likeness (QED) is 0.445. The van der Waals surface area contributed by atoms with E-state index < -0.39 is 11.7 Å². The minimum absolute atomic E-state index is 0.0944. The van der Waals surface area contributed by atoms with Crippen LogP contribution in [0.5, 0.6) is 0 Å². The molecule has 0 N–H and O–H groups in total. The molecule has 4 aromatic rings. The number of rotatable bonds is 3. The van der Waals surface area contributed by atoms with E-state index >= 15 is 0 Å². The Morgan fingerprint density at radius 3 is 2.69 bits per heavy atom. The summed E-state index contributed by atoms with van der Waals surface area (Å²) in [5.74, 6) is 0.444. The molecule has 3 heterocycles. The van der Waals surface area contributed by atoms with Crippen LogP contribution in [0.2, 0.25) is 5.02 Å². The highest BCUT2D eigenvalue weighted by Gasteiger charge is 2.32. The van der Waals surface area contributed by atoms with Gasteiger partial charge in [-0.05, 0) is 18.2 Å². The molecule has 132 valence electrons. The first-order valence-corrected chi connectivity index (χ1v) is 8.87. The monoisotopic (exact) mass is 394 g/mol. The molecule has 0 bridgehead atoms. The van der Waals surface area contributed by atoms with Crippen LogP contribution in [0.1, 0.15) is 11.3 Å². The van der Waals surface area contributed by atoms with E-state index in [1.54, 1.807) is 0 Å². The number of halogens is 4. The third kappa shape index (κ3) is 3.22. The van der Waals surface area contributed by atoms with Gasteiger partial charge >= 0.3 is 6.18 Å². The number of thioether (sulfide) groups is 1. The summed E-state index contributed by atoms with van der Waals surface area (Å²) in [5.41, 5.74) is 0.997. The van der Waals surface area contributed by atoms with E-state index in [1.807, 2.05) is 36.4 Å². The first kappa shape index (κ1) is 17.1. The summed E-state index contributed by atoms with van der Waals surface area (Å²) in [5, 5.41) is 9.08. The normalized spacial score (nSPS) is 12.2. The van der Waals surface area contributed by atoms with Crippen molar-refractivity contribution in [3.63, 3.8) is 0 Å². The Hall–Kier alpha value is -2.32. The minimum atomic E-state index is -4.50. The lowest BCUT2D eigenvalue weighted by Crippen LogP contribution is -2.07. The van der Waals surface area contributed by atoms with E-state index in [0.29, 0.717) is 10.9 Å². The van der Waals surface area contributed by atoms with E-state index in [-0.39, 0.29) is 10.7 Å². The van der Waals surface area contributed by atoms with Gasteiger partial charge in [0, 0.05) is 17.3 Å². The lowest BCUT2D eigenvalue weighted by atomic mass is 10.2. The molecule has 1 aromatic carbocycles. The zero-order valence-electron chi connectivity index (χ0n) is 13.0. The van der Waals surface area contributed by atoms with Gasteiger partial charge in [-0.3, -0.25) is 9.38 Å². The van der Waals surface area contributed by atoms with Crippen molar-refractivity contribution < 1.29 is 13.2 Å². The number of hydrogen-bond acceptors (Lipinski definition) is 4. The molecule has 9 heteroatoms. The SMILES string of the molecule is FC(F)(F)c1cc(Cl)c2nnc(SCc3ccc4ccccc4n3)n2c1. The second-order valence-corrected chi connectivity index (χ2v) is 6.88. The smallest absolute Gasteiger partial charge is 0.276 e. The molecule has 0 saturated heterocycles. The maximum Gasteiger partial charge on any atom is 0.417 e. The Morgan fingerprint density at radius 2 is 1.88 bits per heavy atom. The van der Waals surface area contributed by atoms with E-state index in [9.17, 15) is 13.2 Å². The van der Waals surface area contributed by atoms with Crippen LogP contribution in [0.15, 0.2) is 53.8 Å². The summed E-state index contributed by atoms with van der Waals surface area (Å²) in [7, 11) is 0. The van der Waals surface area contributed by atoms with E-state index in [2.05, 4.69) is 15.2 Å². The number of benzene rings is 1. The standard InChI is InChI=1S/C17H10ClF3N4S/c18-13-7-11(17(19,20)21)8-25-15(13)23-24-16(25)26-9-12-6-5-10-3-1-2-4-14(10)22-12/h1-8H,9H2. The highest BCUT2D eigenvalue weighted by atomic mass is 35.5. The fraction of sp³-hybridized carbons (Fsp3) is 0.118. The van der Waals surface area contributed by atoms with Crippen LogP contribution in [-0.2, 0) is 11.9 Å². The van der Waals surface area contributed by atoms with Crippen molar-refractivity contribution in [2.45, 2.75) is 17.1 Å². The van der Waals surface area contributed by atoms with Crippen LogP contribution in [0.3, 0.4) is 0 Å². The van der Waals surface area contributed by atoms with Crippen LogP contribution in [0.25, 0.3) is 16.6 Å². The summed E-state index contributed by atoms with van der Waals surface area (Å²) >= 11 is 7.17. The maximum atomic E-state index is 13.0. The Labute approximate surface area is 155 Å². The predicted octanol–water partition coefficient (Wildman–Crippen LogP) is 5.24. The van der Waals surface area contributed by atoms with Crippen LogP contribution < -0.4 is 0 Å². The predicted molar refractivity (Wildman–Crippen MR) is 94.3 cm³/mol. The Bertz CT molecular complexity index is 1110. The molecular weight excluding hydrogens is 385 g/mol. The van der Waals surface area contributed by atoms with Crippen molar-refractivity contribution in [3.8, 4) is 0 Å². The molecule has 4 nitrogen and oxygen atoms in total. The summed E-state index contributed by atoms with van der Waals surface area (Å²) in [6.07, 6.45) is -3.54. The van der Waals surface area contributed by atoms with Gasteiger partial charge in [-0.25, -0.2) is 0 Å². The molecule has 0 saturated carbocycles. The van der Waals surface area contributed by atoms with Crippen molar-refractivity contribution in [1.82, 2.24) is 19.6 Å². The number of pyridine rings is 2. The first-order chi connectivity index (χ1) is 12.4. The third-order valence-corrected chi connectivity index (χ3v) is 5.02. The topological polar surface area (TPSA) is 43.1 Å². The zero-order valence-corrected chi connectivity index (χ0v) is 14.6. The summed E-state index contributed by atoms with van der Waals surface area (Å²) in [4.78, 5) is 4.54. The van der Waals surface area contributed by atoms with Crippen LogP contribution in [0.4, 0.5) is 13.2 Å². The molecule has 4 rings (SSSR count). The highest BCUT2D eigenvalue weighted by Crippen LogP contribution is 2.33. The Balaban J connectivity index is 1.65. The molecule has 26 heavy (non-hydrogen) atoms. The van der Waals surface area contributed by atoms with Gasteiger partial charge in [-0.15, -0.1) is 10.2 Å².